The Morgan fingerprint density at radius 3 is 2.89 bits per heavy atom. The zero-order valence-electron chi connectivity index (χ0n) is 9.73. The molecule has 0 saturated carbocycles. The molecule has 94 valence electrons. The summed E-state index contributed by atoms with van der Waals surface area (Å²) in [4.78, 5) is 0. The fraction of sp³-hybridized carbons (Fsp3) is 0.286. The Labute approximate surface area is 110 Å². The Hall–Kier alpha value is -1.45. The maximum absolute atomic E-state index is 10.3. The molecule has 0 aliphatic carbocycles. The molecule has 1 aromatic carbocycles. The SMILES string of the molecule is OC(c1ccc(Cl)o1)c1cccc2c1OCCC2. The number of hydrogen-bond donors (Lipinski definition) is 1. The van der Waals surface area contributed by atoms with Crippen LogP contribution in [0, 0.1) is 0 Å². The van der Waals surface area contributed by atoms with Crippen LogP contribution in [0.4, 0.5) is 0 Å². The molecule has 1 aliphatic heterocycles. The minimum atomic E-state index is -0.842. The summed E-state index contributed by atoms with van der Waals surface area (Å²) in [5, 5.41) is 10.6. The number of rotatable bonds is 2. The Kier molecular flexibility index (Phi) is 3.02. The summed E-state index contributed by atoms with van der Waals surface area (Å²) in [6, 6.07) is 9.10. The van der Waals surface area contributed by atoms with Crippen LogP contribution in [-0.2, 0) is 6.42 Å². The lowest BCUT2D eigenvalue weighted by molar-refractivity contribution is 0.180. The van der Waals surface area contributed by atoms with Gasteiger partial charge in [-0.1, -0.05) is 18.2 Å². The van der Waals surface area contributed by atoms with Gasteiger partial charge in [-0.25, -0.2) is 0 Å². The quantitative estimate of drug-likeness (QED) is 0.905. The second-order valence-electron chi connectivity index (χ2n) is 4.33. The summed E-state index contributed by atoms with van der Waals surface area (Å²) in [5.74, 6) is 1.21. The summed E-state index contributed by atoms with van der Waals surface area (Å²) in [7, 11) is 0. The maximum atomic E-state index is 10.3. The van der Waals surface area contributed by atoms with Crippen LogP contribution in [0.3, 0.4) is 0 Å². The van der Waals surface area contributed by atoms with Gasteiger partial charge >= 0.3 is 0 Å². The van der Waals surface area contributed by atoms with Gasteiger partial charge in [-0.05, 0) is 42.1 Å². The first-order valence-electron chi connectivity index (χ1n) is 5.93. The van der Waals surface area contributed by atoms with Crippen molar-refractivity contribution in [3.63, 3.8) is 0 Å². The van der Waals surface area contributed by atoms with Crippen molar-refractivity contribution in [2.75, 3.05) is 6.61 Å². The summed E-state index contributed by atoms with van der Waals surface area (Å²) in [6.45, 7) is 0.690. The third-order valence-corrected chi connectivity index (χ3v) is 3.33. The molecule has 0 saturated heterocycles. The zero-order valence-corrected chi connectivity index (χ0v) is 10.5. The molecule has 1 N–H and O–H groups in total. The van der Waals surface area contributed by atoms with Gasteiger partial charge in [-0.3, -0.25) is 0 Å². The molecule has 1 atom stereocenters. The molecule has 18 heavy (non-hydrogen) atoms. The van der Waals surface area contributed by atoms with E-state index in [9.17, 15) is 5.11 Å². The number of ether oxygens (including phenoxy) is 1. The summed E-state index contributed by atoms with van der Waals surface area (Å²) < 4.78 is 10.9. The zero-order chi connectivity index (χ0) is 12.5. The summed E-state index contributed by atoms with van der Waals surface area (Å²) in [6.07, 6.45) is 1.15. The predicted octanol–water partition coefficient (Wildman–Crippen LogP) is 3.34. The first-order chi connectivity index (χ1) is 8.75. The molecule has 0 fully saturated rings. The number of aryl methyl sites for hydroxylation is 1. The minimum Gasteiger partial charge on any atom is -0.493 e. The average Bonchev–Trinajstić information content (AvgIpc) is 2.84. The van der Waals surface area contributed by atoms with Crippen molar-refractivity contribution >= 4 is 11.6 Å². The van der Waals surface area contributed by atoms with Crippen molar-refractivity contribution < 1.29 is 14.3 Å². The van der Waals surface area contributed by atoms with Gasteiger partial charge in [-0.2, -0.15) is 0 Å². The van der Waals surface area contributed by atoms with E-state index in [1.165, 1.54) is 0 Å². The highest BCUT2D eigenvalue weighted by atomic mass is 35.5. The van der Waals surface area contributed by atoms with Crippen molar-refractivity contribution in [1.29, 1.82) is 0 Å². The number of fused-ring (bicyclic) bond motifs is 1. The van der Waals surface area contributed by atoms with Gasteiger partial charge in [-0.15, -0.1) is 0 Å². The molecule has 3 nitrogen and oxygen atoms in total. The Balaban J connectivity index is 2.01. The highest BCUT2D eigenvalue weighted by Gasteiger charge is 2.22. The first kappa shape index (κ1) is 11.6. The van der Waals surface area contributed by atoms with E-state index < -0.39 is 6.10 Å². The standard InChI is InChI=1S/C14H13ClO3/c15-12-7-6-11(18-12)13(16)10-5-1-3-9-4-2-8-17-14(9)10/h1,3,5-7,13,16H,2,4,8H2. The number of aliphatic hydroxyl groups excluding tert-OH is 1. The Bertz CT molecular complexity index is 562. The predicted molar refractivity (Wildman–Crippen MR) is 68.0 cm³/mol. The van der Waals surface area contributed by atoms with Crippen LogP contribution < -0.4 is 4.74 Å². The smallest absolute Gasteiger partial charge is 0.193 e. The van der Waals surface area contributed by atoms with Crippen molar-refractivity contribution in [3.8, 4) is 5.75 Å². The van der Waals surface area contributed by atoms with Gasteiger partial charge in [0.05, 0.1) is 6.61 Å². The van der Waals surface area contributed by atoms with E-state index in [0.29, 0.717) is 12.4 Å². The van der Waals surface area contributed by atoms with E-state index in [4.69, 9.17) is 20.8 Å². The molecule has 1 aliphatic rings. The van der Waals surface area contributed by atoms with Crippen molar-refractivity contribution in [2.24, 2.45) is 0 Å². The topological polar surface area (TPSA) is 42.6 Å². The van der Waals surface area contributed by atoms with Crippen LogP contribution >= 0.6 is 11.6 Å². The normalized spacial score (nSPS) is 15.9. The lowest BCUT2D eigenvalue weighted by Gasteiger charge is -2.22. The lowest BCUT2D eigenvalue weighted by atomic mass is 9.98. The third-order valence-electron chi connectivity index (χ3n) is 3.12. The van der Waals surface area contributed by atoms with Crippen LogP contribution in [0.25, 0.3) is 0 Å². The van der Waals surface area contributed by atoms with E-state index in [1.807, 2.05) is 18.2 Å². The molecule has 1 aromatic heterocycles. The van der Waals surface area contributed by atoms with Crippen LogP contribution in [-0.4, -0.2) is 11.7 Å². The van der Waals surface area contributed by atoms with Gasteiger partial charge in [0.15, 0.2) is 5.22 Å². The maximum Gasteiger partial charge on any atom is 0.193 e. The lowest BCUT2D eigenvalue weighted by Crippen LogP contribution is -2.12. The van der Waals surface area contributed by atoms with E-state index in [-0.39, 0.29) is 5.22 Å². The molecule has 0 radical (unpaired) electrons. The van der Waals surface area contributed by atoms with Gasteiger partial charge in [0.1, 0.15) is 17.6 Å². The number of para-hydroxylation sites is 1. The second kappa shape index (κ2) is 4.67. The highest BCUT2D eigenvalue weighted by Crippen LogP contribution is 2.36. The monoisotopic (exact) mass is 264 g/mol. The fourth-order valence-corrected chi connectivity index (χ4v) is 2.41. The number of aliphatic hydroxyl groups is 1. The molecule has 0 amide bonds. The number of furan rings is 1. The largest absolute Gasteiger partial charge is 0.493 e. The molecule has 2 heterocycles. The first-order valence-corrected chi connectivity index (χ1v) is 6.31. The Morgan fingerprint density at radius 1 is 1.22 bits per heavy atom. The van der Waals surface area contributed by atoms with E-state index in [2.05, 4.69) is 0 Å². The number of halogens is 1. The van der Waals surface area contributed by atoms with Gasteiger partial charge in [0.2, 0.25) is 0 Å². The molecule has 0 bridgehead atoms. The molecular formula is C14H13ClO3. The van der Waals surface area contributed by atoms with Crippen LogP contribution in [0.1, 0.15) is 29.4 Å². The molecule has 4 heteroatoms. The summed E-state index contributed by atoms with van der Waals surface area (Å²) >= 11 is 5.73. The van der Waals surface area contributed by atoms with Crippen LogP contribution in [0.5, 0.6) is 5.75 Å². The number of hydrogen-bond acceptors (Lipinski definition) is 3. The van der Waals surface area contributed by atoms with Gasteiger partial charge in [0.25, 0.3) is 0 Å². The van der Waals surface area contributed by atoms with Crippen molar-refractivity contribution in [3.05, 3.63) is 52.4 Å². The summed E-state index contributed by atoms with van der Waals surface area (Å²) in [5.41, 5.74) is 1.87. The van der Waals surface area contributed by atoms with Crippen LogP contribution in [0.15, 0.2) is 34.7 Å². The molecular weight excluding hydrogens is 252 g/mol. The highest BCUT2D eigenvalue weighted by molar-refractivity contribution is 6.28. The molecule has 1 unspecified atom stereocenters. The Morgan fingerprint density at radius 2 is 2.11 bits per heavy atom. The van der Waals surface area contributed by atoms with Crippen molar-refractivity contribution in [1.82, 2.24) is 0 Å². The van der Waals surface area contributed by atoms with Crippen molar-refractivity contribution in [2.45, 2.75) is 18.9 Å². The molecule has 3 rings (SSSR count). The minimum absolute atomic E-state index is 0.273. The second-order valence-corrected chi connectivity index (χ2v) is 4.70. The van der Waals surface area contributed by atoms with E-state index in [0.717, 1.165) is 29.7 Å². The molecule has 2 aromatic rings. The third kappa shape index (κ3) is 2.00. The van der Waals surface area contributed by atoms with Gasteiger partial charge < -0.3 is 14.3 Å². The van der Waals surface area contributed by atoms with E-state index in [1.54, 1.807) is 12.1 Å². The fourth-order valence-electron chi connectivity index (χ4n) is 2.26. The average molecular weight is 265 g/mol. The van der Waals surface area contributed by atoms with E-state index >= 15 is 0 Å². The number of benzene rings is 1. The van der Waals surface area contributed by atoms with Crippen LogP contribution in [0.2, 0.25) is 5.22 Å². The van der Waals surface area contributed by atoms with Gasteiger partial charge in [0, 0.05) is 5.56 Å². The molecule has 0 spiro atoms.